The maximum atomic E-state index is 13.2. The van der Waals surface area contributed by atoms with Crippen LogP contribution in [-0.2, 0) is 14.4 Å². The first-order valence-corrected chi connectivity index (χ1v) is 11.9. The SMILES string of the molecule is CC(=O)N(C1CCCC1)C1CC(=O)N(c2ccc(-c3nc4ccc(C)cc4s3)cc2)C1=O. The number of imide groups is 1. The minimum atomic E-state index is -0.699. The number of rotatable bonds is 4. The van der Waals surface area contributed by atoms with E-state index in [-0.39, 0.29) is 30.2 Å². The lowest BCUT2D eigenvalue weighted by molar-refractivity contribution is -0.139. The maximum Gasteiger partial charge on any atom is 0.257 e. The average molecular weight is 448 g/mol. The van der Waals surface area contributed by atoms with Crippen LogP contribution in [-0.4, -0.2) is 39.7 Å². The fraction of sp³-hybridized carbons (Fsp3) is 0.360. The van der Waals surface area contributed by atoms with Crippen molar-refractivity contribution in [3.63, 3.8) is 0 Å². The summed E-state index contributed by atoms with van der Waals surface area (Å²) in [5, 5.41) is 0.901. The Morgan fingerprint density at radius 3 is 2.50 bits per heavy atom. The Morgan fingerprint density at radius 1 is 1.09 bits per heavy atom. The van der Waals surface area contributed by atoms with Gasteiger partial charge in [0.25, 0.3) is 5.91 Å². The number of nitrogens with zero attached hydrogens (tertiary/aromatic N) is 3. The van der Waals surface area contributed by atoms with Gasteiger partial charge < -0.3 is 4.90 Å². The number of benzene rings is 2. The minimum Gasteiger partial charge on any atom is -0.327 e. The van der Waals surface area contributed by atoms with Crippen molar-refractivity contribution < 1.29 is 14.4 Å². The Balaban J connectivity index is 1.40. The first kappa shape index (κ1) is 20.8. The quantitative estimate of drug-likeness (QED) is 0.544. The second-order valence-electron chi connectivity index (χ2n) is 8.69. The number of hydrogen-bond donors (Lipinski definition) is 0. The highest BCUT2D eigenvalue weighted by Crippen LogP contribution is 2.34. The summed E-state index contributed by atoms with van der Waals surface area (Å²) in [6.45, 7) is 3.55. The van der Waals surface area contributed by atoms with E-state index in [1.807, 2.05) is 24.3 Å². The number of carbonyl (C=O) groups excluding carboxylic acids is 3. The molecule has 3 aromatic rings. The molecular formula is C25H25N3O3S. The standard InChI is InChI=1S/C25H25N3O3S/c1-15-7-12-20-22(13-15)32-24(26-20)17-8-10-19(11-9-17)28-23(30)14-21(25(28)31)27(16(2)29)18-5-3-4-6-18/h7-13,18,21H,3-6,14H2,1-2H3. The predicted molar refractivity (Wildman–Crippen MR) is 125 cm³/mol. The topological polar surface area (TPSA) is 70.6 Å². The predicted octanol–water partition coefficient (Wildman–Crippen LogP) is 4.69. The summed E-state index contributed by atoms with van der Waals surface area (Å²) in [7, 11) is 0. The number of fused-ring (bicyclic) bond motifs is 1. The van der Waals surface area contributed by atoms with Gasteiger partial charge in [0.15, 0.2) is 0 Å². The van der Waals surface area contributed by atoms with Crippen LogP contribution in [0.5, 0.6) is 0 Å². The van der Waals surface area contributed by atoms with E-state index in [0.29, 0.717) is 5.69 Å². The van der Waals surface area contributed by atoms with E-state index in [4.69, 9.17) is 4.98 Å². The van der Waals surface area contributed by atoms with Crippen molar-refractivity contribution in [1.29, 1.82) is 0 Å². The van der Waals surface area contributed by atoms with Gasteiger partial charge in [0.2, 0.25) is 11.8 Å². The molecule has 2 aromatic carbocycles. The number of aryl methyl sites for hydroxylation is 1. The summed E-state index contributed by atoms with van der Waals surface area (Å²) in [6.07, 6.45) is 3.95. The minimum absolute atomic E-state index is 0.0495. The van der Waals surface area contributed by atoms with Crippen LogP contribution in [0.25, 0.3) is 20.8 Å². The van der Waals surface area contributed by atoms with Crippen LogP contribution in [0.3, 0.4) is 0 Å². The summed E-state index contributed by atoms with van der Waals surface area (Å²) in [6, 6.07) is 12.9. The van der Waals surface area contributed by atoms with Crippen LogP contribution in [0, 0.1) is 6.92 Å². The molecule has 1 saturated heterocycles. The largest absolute Gasteiger partial charge is 0.327 e. The molecule has 2 fully saturated rings. The van der Waals surface area contributed by atoms with Crippen molar-refractivity contribution in [2.45, 2.75) is 58.0 Å². The zero-order valence-corrected chi connectivity index (χ0v) is 19.0. The fourth-order valence-electron chi connectivity index (χ4n) is 4.93. The molecule has 0 radical (unpaired) electrons. The van der Waals surface area contributed by atoms with Crippen LogP contribution in [0.15, 0.2) is 42.5 Å². The third kappa shape index (κ3) is 3.60. The number of amides is 3. The van der Waals surface area contributed by atoms with Gasteiger partial charge in [0.1, 0.15) is 11.0 Å². The highest BCUT2D eigenvalue weighted by molar-refractivity contribution is 7.21. The van der Waals surface area contributed by atoms with Crippen LogP contribution in [0.4, 0.5) is 5.69 Å². The Hall–Kier alpha value is -3.06. The van der Waals surface area contributed by atoms with E-state index in [1.54, 1.807) is 28.4 Å². The van der Waals surface area contributed by atoms with Crippen molar-refractivity contribution in [3.05, 3.63) is 48.0 Å². The average Bonchev–Trinajstić information content (AvgIpc) is 3.48. The molecule has 0 bridgehead atoms. The summed E-state index contributed by atoms with van der Waals surface area (Å²) < 4.78 is 1.13. The van der Waals surface area contributed by atoms with Crippen molar-refractivity contribution >= 4 is 45.0 Å². The van der Waals surface area contributed by atoms with E-state index < -0.39 is 6.04 Å². The fourth-order valence-corrected chi connectivity index (χ4v) is 6.00. The van der Waals surface area contributed by atoms with Gasteiger partial charge in [0.05, 0.1) is 22.3 Å². The number of hydrogen-bond acceptors (Lipinski definition) is 5. The van der Waals surface area contributed by atoms with Crippen molar-refractivity contribution in [2.75, 3.05) is 4.90 Å². The second-order valence-corrected chi connectivity index (χ2v) is 9.72. The molecule has 2 heterocycles. The van der Waals surface area contributed by atoms with E-state index in [0.717, 1.165) is 46.5 Å². The zero-order valence-electron chi connectivity index (χ0n) is 18.2. The van der Waals surface area contributed by atoms with Crippen LogP contribution in [0.1, 0.15) is 44.6 Å². The molecule has 7 heteroatoms. The van der Waals surface area contributed by atoms with Gasteiger partial charge in [0, 0.05) is 18.5 Å². The third-order valence-electron chi connectivity index (χ3n) is 6.46. The van der Waals surface area contributed by atoms with Crippen molar-refractivity contribution in [3.8, 4) is 10.6 Å². The molecule has 3 amide bonds. The van der Waals surface area contributed by atoms with E-state index in [1.165, 1.54) is 17.4 Å². The van der Waals surface area contributed by atoms with E-state index in [9.17, 15) is 14.4 Å². The molecule has 1 unspecified atom stereocenters. The first-order chi connectivity index (χ1) is 15.4. The lowest BCUT2D eigenvalue weighted by Crippen LogP contribution is -2.49. The molecule has 1 aliphatic heterocycles. The molecule has 1 saturated carbocycles. The Labute approximate surface area is 190 Å². The molecule has 6 nitrogen and oxygen atoms in total. The molecule has 1 aromatic heterocycles. The third-order valence-corrected chi connectivity index (χ3v) is 7.52. The summed E-state index contributed by atoms with van der Waals surface area (Å²) in [5.41, 5.74) is 3.64. The molecule has 0 spiro atoms. The summed E-state index contributed by atoms with van der Waals surface area (Å²) in [5.74, 6) is -0.695. The van der Waals surface area contributed by atoms with Gasteiger partial charge in [-0.25, -0.2) is 9.88 Å². The number of aromatic nitrogens is 1. The Morgan fingerprint density at radius 2 is 1.81 bits per heavy atom. The molecule has 0 N–H and O–H groups in total. The van der Waals surface area contributed by atoms with Crippen molar-refractivity contribution in [1.82, 2.24) is 9.88 Å². The van der Waals surface area contributed by atoms with Crippen LogP contribution >= 0.6 is 11.3 Å². The Kier molecular flexibility index (Phi) is 5.29. The van der Waals surface area contributed by atoms with Gasteiger partial charge in [-0.05, 0) is 61.7 Å². The van der Waals surface area contributed by atoms with E-state index in [2.05, 4.69) is 13.0 Å². The van der Waals surface area contributed by atoms with Gasteiger partial charge >= 0.3 is 0 Å². The summed E-state index contributed by atoms with van der Waals surface area (Å²) >= 11 is 1.62. The molecule has 32 heavy (non-hydrogen) atoms. The zero-order chi connectivity index (χ0) is 22.4. The second kappa shape index (κ2) is 8.13. The molecular weight excluding hydrogens is 422 g/mol. The maximum absolute atomic E-state index is 13.2. The highest BCUT2D eigenvalue weighted by atomic mass is 32.1. The monoisotopic (exact) mass is 447 g/mol. The molecule has 1 atom stereocenters. The molecule has 1 aliphatic carbocycles. The molecule has 2 aliphatic rings. The Bertz CT molecular complexity index is 1210. The van der Waals surface area contributed by atoms with Gasteiger partial charge in [-0.2, -0.15) is 0 Å². The number of anilines is 1. The lowest BCUT2D eigenvalue weighted by atomic mass is 10.1. The van der Waals surface area contributed by atoms with Crippen LogP contribution in [0.2, 0.25) is 0 Å². The number of carbonyl (C=O) groups is 3. The van der Waals surface area contributed by atoms with Gasteiger partial charge in [-0.15, -0.1) is 11.3 Å². The number of thiazole rings is 1. The smallest absolute Gasteiger partial charge is 0.257 e. The van der Waals surface area contributed by atoms with E-state index >= 15 is 0 Å². The summed E-state index contributed by atoms with van der Waals surface area (Å²) in [4.78, 5) is 46.0. The highest BCUT2D eigenvalue weighted by Gasteiger charge is 2.46. The van der Waals surface area contributed by atoms with Crippen molar-refractivity contribution in [2.24, 2.45) is 0 Å². The van der Waals surface area contributed by atoms with Crippen LogP contribution < -0.4 is 4.90 Å². The molecule has 5 rings (SSSR count). The normalized spacial score (nSPS) is 19.3. The first-order valence-electron chi connectivity index (χ1n) is 11.1. The lowest BCUT2D eigenvalue weighted by Gasteiger charge is -2.32. The van der Waals surface area contributed by atoms with Gasteiger partial charge in [-0.1, -0.05) is 18.9 Å². The molecule has 164 valence electrons. The van der Waals surface area contributed by atoms with Gasteiger partial charge in [-0.3, -0.25) is 14.4 Å².